The first-order valence-corrected chi connectivity index (χ1v) is 13.5. The maximum atomic E-state index is 13.7. The summed E-state index contributed by atoms with van der Waals surface area (Å²) >= 11 is 0. The molecule has 4 aliphatic rings. The van der Waals surface area contributed by atoms with Crippen LogP contribution in [0, 0.1) is 11.8 Å². The van der Waals surface area contributed by atoms with Gasteiger partial charge in [-0.15, -0.1) is 0 Å². The van der Waals surface area contributed by atoms with Gasteiger partial charge in [0, 0.05) is 42.1 Å². The van der Waals surface area contributed by atoms with E-state index in [0.29, 0.717) is 25.9 Å². The van der Waals surface area contributed by atoms with Crippen molar-refractivity contribution in [1.29, 1.82) is 0 Å². The number of methoxy groups -OCH3 is 1. The Morgan fingerprint density at radius 2 is 1.81 bits per heavy atom. The second-order valence-corrected chi connectivity index (χ2v) is 12.4. The van der Waals surface area contributed by atoms with E-state index in [1.165, 1.54) is 0 Å². The Morgan fingerprint density at radius 3 is 2.46 bits per heavy atom. The fraction of sp³-hybridized carbons (Fsp3) is 0.621. The van der Waals surface area contributed by atoms with Gasteiger partial charge in [0.25, 0.3) is 0 Å². The van der Waals surface area contributed by atoms with Crippen molar-refractivity contribution in [3.63, 3.8) is 0 Å². The number of amides is 3. The van der Waals surface area contributed by atoms with E-state index in [1.807, 2.05) is 31.7 Å². The van der Waals surface area contributed by atoms with E-state index in [2.05, 4.69) is 37.4 Å². The summed E-state index contributed by atoms with van der Waals surface area (Å²) in [6.45, 7) is 11.3. The van der Waals surface area contributed by atoms with Gasteiger partial charge in [-0.3, -0.25) is 4.79 Å². The number of urea groups is 1. The van der Waals surface area contributed by atoms with Gasteiger partial charge in [0.15, 0.2) is 11.5 Å². The van der Waals surface area contributed by atoms with Crippen LogP contribution in [0.3, 0.4) is 0 Å². The van der Waals surface area contributed by atoms with Gasteiger partial charge in [0.1, 0.15) is 5.60 Å². The largest absolute Gasteiger partial charge is 0.493 e. The molecule has 1 saturated heterocycles. The number of carbonyl (C=O) groups is 2. The second-order valence-electron chi connectivity index (χ2n) is 12.4. The summed E-state index contributed by atoms with van der Waals surface area (Å²) in [6, 6.07) is 3.98. The number of nitrogens with one attached hydrogen (secondary N) is 1. The van der Waals surface area contributed by atoms with Crippen LogP contribution in [-0.4, -0.2) is 64.9 Å². The van der Waals surface area contributed by atoms with Gasteiger partial charge in [-0.05, 0) is 72.4 Å². The van der Waals surface area contributed by atoms with Gasteiger partial charge in [-0.1, -0.05) is 12.2 Å². The molecule has 8 nitrogen and oxygen atoms in total. The number of fused-ring (bicyclic) bond motifs is 2. The van der Waals surface area contributed by atoms with Crippen LogP contribution in [0.25, 0.3) is 0 Å². The number of allylic oxidation sites excluding steroid dienone is 2. The molecule has 1 aliphatic carbocycles. The lowest BCUT2D eigenvalue weighted by molar-refractivity contribution is -0.141. The third-order valence-electron chi connectivity index (χ3n) is 7.82. The highest BCUT2D eigenvalue weighted by Gasteiger charge is 2.45. The second kappa shape index (κ2) is 9.37. The van der Waals surface area contributed by atoms with E-state index in [0.717, 1.165) is 47.6 Å². The number of benzene rings is 1. The maximum Gasteiger partial charge on any atom is 0.317 e. The number of ether oxygens (including phenoxy) is 2. The van der Waals surface area contributed by atoms with Gasteiger partial charge in [-0.2, -0.15) is 5.10 Å². The normalized spacial score (nSPS) is 25.2. The molecule has 200 valence electrons. The summed E-state index contributed by atoms with van der Waals surface area (Å²) in [7, 11) is 1.67. The molecule has 1 aromatic carbocycles. The number of piperidine rings is 1. The molecular formula is C29H40N4O4. The van der Waals surface area contributed by atoms with Crippen LogP contribution in [0.15, 0.2) is 29.4 Å². The topological polar surface area (TPSA) is 83.5 Å². The van der Waals surface area contributed by atoms with Gasteiger partial charge in [0.2, 0.25) is 5.91 Å². The Hall–Kier alpha value is -3.03. The maximum absolute atomic E-state index is 13.7. The van der Waals surface area contributed by atoms with Crippen LogP contribution in [0.5, 0.6) is 11.5 Å². The molecule has 37 heavy (non-hydrogen) atoms. The van der Waals surface area contributed by atoms with Crippen molar-refractivity contribution in [3.05, 3.63) is 35.4 Å². The first-order chi connectivity index (χ1) is 17.5. The summed E-state index contributed by atoms with van der Waals surface area (Å²) in [5, 5.41) is 9.91. The Labute approximate surface area is 220 Å². The predicted molar refractivity (Wildman–Crippen MR) is 143 cm³/mol. The molecule has 1 aromatic rings. The number of hydrogen-bond donors (Lipinski definition) is 1. The van der Waals surface area contributed by atoms with Crippen molar-refractivity contribution in [2.24, 2.45) is 16.9 Å². The van der Waals surface area contributed by atoms with Gasteiger partial charge in [0.05, 0.1) is 24.8 Å². The highest BCUT2D eigenvalue weighted by atomic mass is 16.5. The smallest absolute Gasteiger partial charge is 0.317 e. The van der Waals surface area contributed by atoms with E-state index in [1.54, 1.807) is 12.1 Å². The Kier molecular flexibility index (Phi) is 6.49. The lowest BCUT2D eigenvalue weighted by atomic mass is 9.75. The molecule has 8 heteroatoms. The number of likely N-dealkylation sites (tertiary alicyclic amines) is 1. The first-order valence-electron chi connectivity index (χ1n) is 13.5. The predicted octanol–water partition coefficient (Wildman–Crippen LogP) is 4.51. The van der Waals surface area contributed by atoms with Gasteiger partial charge >= 0.3 is 6.03 Å². The first kappa shape index (κ1) is 25.6. The third kappa shape index (κ3) is 4.94. The molecule has 0 saturated carbocycles. The molecule has 0 radical (unpaired) electrons. The quantitative estimate of drug-likeness (QED) is 0.609. The minimum absolute atomic E-state index is 0.0213. The van der Waals surface area contributed by atoms with Crippen molar-refractivity contribution in [3.8, 4) is 11.5 Å². The molecule has 0 bridgehead atoms. The molecule has 1 N–H and O–H groups in total. The van der Waals surface area contributed by atoms with Gasteiger partial charge < -0.3 is 19.7 Å². The summed E-state index contributed by atoms with van der Waals surface area (Å²) < 4.78 is 11.9. The SMILES string of the molecule is COc1ccc(C2=NN(C3CCN(C(=O)NC(C)(C)C)CC3)C(=O)C3CC=CCC23)c2c1OC(C)(C)C2. The molecule has 3 aliphatic heterocycles. The summed E-state index contributed by atoms with van der Waals surface area (Å²) in [5.41, 5.74) is 2.53. The Morgan fingerprint density at radius 1 is 1.14 bits per heavy atom. The van der Waals surface area contributed by atoms with Crippen LogP contribution in [0.1, 0.15) is 71.4 Å². The zero-order valence-electron chi connectivity index (χ0n) is 23.0. The fourth-order valence-electron chi connectivity index (χ4n) is 6.06. The van der Waals surface area contributed by atoms with Crippen LogP contribution < -0.4 is 14.8 Å². The van der Waals surface area contributed by atoms with E-state index in [9.17, 15) is 9.59 Å². The van der Waals surface area contributed by atoms with E-state index in [4.69, 9.17) is 14.6 Å². The number of nitrogens with zero attached hydrogens (tertiary/aromatic N) is 3. The van der Waals surface area contributed by atoms with Crippen molar-refractivity contribution >= 4 is 17.6 Å². The average Bonchev–Trinajstić information content (AvgIpc) is 3.18. The minimum atomic E-state index is -0.331. The highest BCUT2D eigenvalue weighted by molar-refractivity contribution is 6.08. The number of carbonyl (C=O) groups excluding carboxylic acids is 2. The molecule has 1 fully saturated rings. The average molecular weight is 509 g/mol. The van der Waals surface area contributed by atoms with Crippen molar-refractivity contribution in [1.82, 2.24) is 15.2 Å². The van der Waals surface area contributed by atoms with Gasteiger partial charge in [-0.25, -0.2) is 9.80 Å². The van der Waals surface area contributed by atoms with Crippen LogP contribution in [0.4, 0.5) is 4.79 Å². The standard InChI is InChI=1S/C29H40N4O4/c1-28(2,3)30-27(35)32-15-13-18(14-16-32)33-26(34)21-10-8-7-9-19(21)24(31-33)20-11-12-23(36-6)25-22(20)17-29(4,5)37-25/h7-8,11-12,18-19,21H,9-10,13-17H2,1-6H3,(H,30,35). The van der Waals surface area contributed by atoms with E-state index < -0.39 is 0 Å². The zero-order valence-corrected chi connectivity index (χ0v) is 23.0. The van der Waals surface area contributed by atoms with Crippen LogP contribution >= 0.6 is 0 Å². The zero-order chi connectivity index (χ0) is 26.5. The molecule has 3 heterocycles. The molecule has 2 atom stereocenters. The molecule has 0 spiro atoms. The molecule has 5 rings (SSSR count). The van der Waals surface area contributed by atoms with Crippen molar-refractivity contribution in [2.45, 2.75) is 83.9 Å². The summed E-state index contributed by atoms with van der Waals surface area (Å²) in [6.07, 6.45) is 8.02. The monoisotopic (exact) mass is 508 g/mol. The van der Waals surface area contributed by atoms with Crippen LogP contribution in [0.2, 0.25) is 0 Å². The molecule has 3 amide bonds. The summed E-state index contributed by atoms with van der Waals surface area (Å²) in [4.78, 5) is 28.2. The minimum Gasteiger partial charge on any atom is -0.493 e. The van der Waals surface area contributed by atoms with Crippen molar-refractivity contribution < 1.29 is 19.1 Å². The Balaban J connectivity index is 1.45. The van der Waals surface area contributed by atoms with Crippen LogP contribution in [-0.2, 0) is 11.2 Å². The third-order valence-corrected chi connectivity index (χ3v) is 7.82. The molecular weight excluding hydrogens is 468 g/mol. The lowest BCUT2D eigenvalue weighted by Crippen LogP contribution is -2.55. The summed E-state index contributed by atoms with van der Waals surface area (Å²) in [5.74, 6) is 1.56. The number of hydrogen-bond acceptors (Lipinski definition) is 5. The number of hydrazone groups is 1. The van der Waals surface area contributed by atoms with Crippen molar-refractivity contribution in [2.75, 3.05) is 20.2 Å². The number of rotatable bonds is 3. The lowest BCUT2D eigenvalue weighted by Gasteiger charge is -2.43. The van der Waals surface area contributed by atoms with E-state index in [-0.39, 0.29) is 41.0 Å². The molecule has 0 aromatic heterocycles. The highest BCUT2D eigenvalue weighted by Crippen LogP contribution is 2.46. The molecule has 2 unspecified atom stereocenters. The van der Waals surface area contributed by atoms with E-state index >= 15 is 0 Å². The Bertz CT molecular complexity index is 1140. The fourth-order valence-corrected chi connectivity index (χ4v) is 6.06.